The summed E-state index contributed by atoms with van der Waals surface area (Å²) in [6.45, 7) is 0. The summed E-state index contributed by atoms with van der Waals surface area (Å²) in [4.78, 5) is 35.2. The molecule has 2 aromatic carbocycles. The van der Waals surface area contributed by atoms with Crippen LogP contribution in [0.2, 0.25) is 5.02 Å². The fraction of sp³-hybridized carbons (Fsp3) is 0.125. The number of hydrogen-bond donors (Lipinski definition) is 2. The van der Waals surface area contributed by atoms with Gasteiger partial charge in [0.15, 0.2) is 0 Å². The third-order valence-corrected chi connectivity index (χ3v) is 5.00. The number of nitro benzene ring substituents is 1. The summed E-state index contributed by atoms with van der Waals surface area (Å²) in [6, 6.07) is 10.7. The first-order chi connectivity index (χ1) is 11.9. The highest BCUT2D eigenvalue weighted by atomic mass is 35.5. The molecule has 0 saturated carbocycles. The number of carbonyl (C=O) groups is 2. The number of nitrogens with zero attached hydrogens (tertiary/aromatic N) is 1. The molecular formula is C16H12ClN3O4S. The second-order valence-electron chi connectivity index (χ2n) is 5.29. The number of nitro groups is 1. The van der Waals surface area contributed by atoms with E-state index in [-0.39, 0.29) is 23.9 Å². The van der Waals surface area contributed by atoms with Gasteiger partial charge in [0, 0.05) is 34.2 Å². The van der Waals surface area contributed by atoms with Crippen LogP contribution >= 0.6 is 23.4 Å². The molecule has 3 rings (SSSR count). The summed E-state index contributed by atoms with van der Waals surface area (Å²) in [5.74, 6) is -0.613. The molecule has 25 heavy (non-hydrogen) atoms. The van der Waals surface area contributed by atoms with Crippen molar-refractivity contribution in [3.63, 3.8) is 0 Å². The first kappa shape index (κ1) is 17.2. The normalized spacial score (nSPS) is 15.9. The van der Waals surface area contributed by atoms with Gasteiger partial charge in [-0.2, -0.15) is 0 Å². The summed E-state index contributed by atoms with van der Waals surface area (Å²) in [5.41, 5.74) is 1.01. The van der Waals surface area contributed by atoms with Crippen molar-refractivity contribution in [1.82, 2.24) is 0 Å². The molecule has 0 aromatic heterocycles. The Labute approximate surface area is 151 Å². The molecule has 1 aliphatic rings. The van der Waals surface area contributed by atoms with Gasteiger partial charge >= 0.3 is 0 Å². The summed E-state index contributed by atoms with van der Waals surface area (Å²) in [6.07, 6.45) is -0.0183. The van der Waals surface area contributed by atoms with Crippen LogP contribution in [0.1, 0.15) is 6.42 Å². The van der Waals surface area contributed by atoms with Crippen molar-refractivity contribution in [1.29, 1.82) is 0 Å². The predicted molar refractivity (Wildman–Crippen MR) is 96.1 cm³/mol. The highest BCUT2D eigenvalue weighted by molar-refractivity contribution is 8.01. The second-order valence-corrected chi connectivity index (χ2v) is 6.97. The SMILES string of the molecule is O=C(CC1Sc2ccc(Cl)cc2NC1=O)Nc1ccc([N+](=O)[O-])cc1. The van der Waals surface area contributed by atoms with Crippen LogP contribution in [0.4, 0.5) is 17.1 Å². The molecule has 2 amide bonds. The van der Waals surface area contributed by atoms with E-state index in [1.165, 1.54) is 36.0 Å². The molecule has 1 atom stereocenters. The lowest BCUT2D eigenvalue weighted by Crippen LogP contribution is -2.32. The molecule has 0 saturated heterocycles. The summed E-state index contributed by atoms with van der Waals surface area (Å²) in [7, 11) is 0. The number of fused-ring (bicyclic) bond motifs is 1. The van der Waals surface area contributed by atoms with Crippen LogP contribution in [0.25, 0.3) is 0 Å². The van der Waals surface area contributed by atoms with E-state index in [2.05, 4.69) is 10.6 Å². The van der Waals surface area contributed by atoms with Gasteiger partial charge in [0.25, 0.3) is 5.69 Å². The molecule has 0 radical (unpaired) electrons. The Bertz CT molecular complexity index is 857. The second kappa shape index (κ2) is 7.12. The fourth-order valence-electron chi connectivity index (χ4n) is 2.30. The van der Waals surface area contributed by atoms with Crippen molar-refractivity contribution in [2.75, 3.05) is 10.6 Å². The van der Waals surface area contributed by atoms with Gasteiger partial charge in [-0.25, -0.2) is 0 Å². The average Bonchev–Trinajstić information content (AvgIpc) is 2.56. The molecule has 2 aromatic rings. The number of halogens is 1. The van der Waals surface area contributed by atoms with Crippen LogP contribution in [-0.4, -0.2) is 22.0 Å². The Balaban J connectivity index is 1.64. The molecule has 1 heterocycles. The Morgan fingerprint density at radius 2 is 2.00 bits per heavy atom. The van der Waals surface area contributed by atoms with E-state index in [0.717, 1.165) is 4.90 Å². The van der Waals surface area contributed by atoms with Crippen LogP contribution in [0.5, 0.6) is 0 Å². The predicted octanol–water partition coefficient (Wildman–Crippen LogP) is 3.69. The highest BCUT2D eigenvalue weighted by Gasteiger charge is 2.29. The van der Waals surface area contributed by atoms with Gasteiger partial charge < -0.3 is 10.6 Å². The van der Waals surface area contributed by atoms with E-state index >= 15 is 0 Å². The van der Waals surface area contributed by atoms with Crippen molar-refractivity contribution < 1.29 is 14.5 Å². The largest absolute Gasteiger partial charge is 0.326 e. The lowest BCUT2D eigenvalue weighted by atomic mass is 10.2. The Morgan fingerprint density at radius 1 is 1.28 bits per heavy atom. The van der Waals surface area contributed by atoms with Crippen LogP contribution in [-0.2, 0) is 9.59 Å². The average molecular weight is 378 g/mol. The lowest BCUT2D eigenvalue weighted by Gasteiger charge is -2.23. The molecule has 2 N–H and O–H groups in total. The fourth-order valence-corrected chi connectivity index (χ4v) is 3.57. The maximum Gasteiger partial charge on any atom is 0.269 e. The summed E-state index contributed by atoms with van der Waals surface area (Å²) >= 11 is 7.20. The van der Waals surface area contributed by atoms with Gasteiger partial charge in [-0.05, 0) is 30.3 Å². The number of non-ortho nitro benzene ring substituents is 1. The quantitative estimate of drug-likeness (QED) is 0.625. The Hall–Kier alpha value is -2.58. The monoisotopic (exact) mass is 377 g/mol. The van der Waals surface area contributed by atoms with Crippen molar-refractivity contribution in [2.45, 2.75) is 16.6 Å². The number of carbonyl (C=O) groups excluding carboxylic acids is 2. The zero-order valence-corrected chi connectivity index (χ0v) is 14.3. The van der Waals surface area contributed by atoms with Crippen LogP contribution < -0.4 is 10.6 Å². The molecule has 7 nitrogen and oxygen atoms in total. The third kappa shape index (κ3) is 4.09. The van der Waals surface area contributed by atoms with Crippen LogP contribution in [0, 0.1) is 10.1 Å². The van der Waals surface area contributed by atoms with Gasteiger partial charge in [0.2, 0.25) is 11.8 Å². The van der Waals surface area contributed by atoms with E-state index in [9.17, 15) is 19.7 Å². The van der Waals surface area contributed by atoms with E-state index in [1.807, 2.05) is 0 Å². The molecule has 9 heteroatoms. The minimum atomic E-state index is -0.563. The molecular weight excluding hydrogens is 366 g/mol. The van der Waals surface area contributed by atoms with Crippen molar-refractivity contribution in [3.8, 4) is 0 Å². The van der Waals surface area contributed by atoms with Gasteiger partial charge in [-0.3, -0.25) is 19.7 Å². The number of nitrogens with one attached hydrogen (secondary N) is 2. The molecule has 0 bridgehead atoms. The van der Waals surface area contributed by atoms with Crippen molar-refractivity contribution in [2.24, 2.45) is 0 Å². The maximum absolute atomic E-state index is 12.2. The zero-order valence-electron chi connectivity index (χ0n) is 12.7. The summed E-state index contributed by atoms with van der Waals surface area (Å²) in [5, 5.41) is 16.0. The standard InChI is InChI=1S/C16H12ClN3O4S/c17-9-1-6-13-12(7-9)19-16(22)14(25-13)8-15(21)18-10-2-4-11(5-3-10)20(23)24/h1-7,14H,8H2,(H,18,21)(H,19,22). The van der Waals surface area contributed by atoms with Gasteiger partial charge in [0.1, 0.15) is 0 Å². The maximum atomic E-state index is 12.2. The molecule has 1 unspecified atom stereocenters. The Morgan fingerprint density at radius 3 is 2.68 bits per heavy atom. The molecule has 1 aliphatic heterocycles. The first-order valence-corrected chi connectivity index (χ1v) is 8.49. The van der Waals surface area contributed by atoms with Crippen LogP contribution in [0.3, 0.4) is 0 Å². The Kier molecular flexibility index (Phi) is 4.91. The van der Waals surface area contributed by atoms with E-state index in [4.69, 9.17) is 11.6 Å². The van der Waals surface area contributed by atoms with Crippen LogP contribution in [0.15, 0.2) is 47.4 Å². The van der Waals surface area contributed by atoms with Crippen molar-refractivity contribution >= 4 is 52.2 Å². The molecule has 0 fully saturated rings. The van der Waals surface area contributed by atoms with Gasteiger partial charge in [-0.15, -0.1) is 11.8 Å². The summed E-state index contributed by atoms with van der Waals surface area (Å²) < 4.78 is 0. The first-order valence-electron chi connectivity index (χ1n) is 7.24. The van der Waals surface area contributed by atoms with Gasteiger partial charge in [-0.1, -0.05) is 11.6 Å². The molecule has 0 spiro atoms. The number of hydrogen-bond acceptors (Lipinski definition) is 5. The number of thioether (sulfide) groups is 1. The van der Waals surface area contributed by atoms with Crippen molar-refractivity contribution in [3.05, 3.63) is 57.6 Å². The van der Waals surface area contributed by atoms with E-state index < -0.39 is 10.2 Å². The lowest BCUT2D eigenvalue weighted by molar-refractivity contribution is -0.384. The van der Waals surface area contributed by atoms with Gasteiger partial charge in [0.05, 0.1) is 15.9 Å². The highest BCUT2D eigenvalue weighted by Crippen LogP contribution is 2.38. The topological polar surface area (TPSA) is 101 Å². The van der Waals surface area contributed by atoms with E-state index in [1.54, 1.807) is 18.2 Å². The smallest absolute Gasteiger partial charge is 0.269 e. The number of anilines is 2. The zero-order chi connectivity index (χ0) is 18.0. The minimum absolute atomic E-state index is 0.0183. The number of amides is 2. The molecule has 0 aliphatic carbocycles. The molecule has 128 valence electrons. The third-order valence-electron chi connectivity index (χ3n) is 3.49. The number of rotatable bonds is 4. The van der Waals surface area contributed by atoms with E-state index in [0.29, 0.717) is 16.4 Å². The number of benzene rings is 2. The minimum Gasteiger partial charge on any atom is -0.326 e.